The first-order valence-electron chi connectivity index (χ1n) is 7.38. The molecule has 3 rings (SSSR count). The van der Waals surface area contributed by atoms with Gasteiger partial charge in [-0.1, -0.05) is 42.5 Å². The number of fused-ring (bicyclic) bond motifs is 1. The van der Waals surface area contributed by atoms with Gasteiger partial charge in [0.1, 0.15) is 0 Å². The molecule has 1 aliphatic rings. The molecule has 2 aromatic rings. The minimum absolute atomic E-state index is 0.116. The quantitative estimate of drug-likeness (QED) is 0.722. The van der Waals surface area contributed by atoms with Crippen molar-refractivity contribution in [2.24, 2.45) is 10.7 Å². The lowest BCUT2D eigenvalue weighted by Gasteiger charge is -2.18. The van der Waals surface area contributed by atoms with Crippen LogP contribution in [0.5, 0.6) is 0 Å². The zero-order valence-corrected chi connectivity index (χ0v) is 13.5. The first-order valence-corrected chi connectivity index (χ1v) is 8.20. The van der Waals surface area contributed by atoms with Gasteiger partial charge in [0.15, 0.2) is 0 Å². The molecule has 1 unspecified atom stereocenters. The zero-order valence-electron chi connectivity index (χ0n) is 12.7. The van der Waals surface area contributed by atoms with Crippen molar-refractivity contribution in [2.45, 2.75) is 10.8 Å². The first kappa shape index (κ1) is 16.1. The molecular formula is C17H16N4O2S. The van der Waals surface area contributed by atoms with E-state index in [1.807, 2.05) is 54.6 Å². The fourth-order valence-corrected chi connectivity index (χ4v) is 3.04. The number of rotatable bonds is 5. The van der Waals surface area contributed by atoms with Gasteiger partial charge in [-0.2, -0.15) is 0 Å². The second-order valence-electron chi connectivity index (χ2n) is 5.21. The largest absolute Gasteiger partial charge is 0.369 e. The average molecular weight is 340 g/mol. The summed E-state index contributed by atoms with van der Waals surface area (Å²) in [4.78, 5) is 29.2. The molecule has 0 radical (unpaired) electrons. The molecule has 2 amide bonds. The van der Waals surface area contributed by atoms with E-state index in [4.69, 9.17) is 5.73 Å². The number of hydrogen-bond donors (Lipinski definition) is 3. The van der Waals surface area contributed by atoms with Crippen molar-refractivity contribution in [2.75, 3.05) is 6.54 Å². The Kier molecular flexibility index (Phi) is 4.81. The van der Waals surface area contributed by atoms with Gasteiger partial charge < -0.3 is 15.8 Å². The third-order valence-corrected chi connectivity index (χ3v) is 4.44. The monoisotopic (exact) mass is 340 g/mol. The second kappa shape index (κ2) is 7.18. The van der Waals surface area contributed by atoms with Crippen LogP contribution in [-0.4, -0.2) is 24.2 Å². The lowest BCUT2D eigenvalue weighted by Crippen LogP contribution is -2.42. The van der Waals surface area contributed by atoms with Crippen LogP contribution in [0.25, 0.3) is 0 Å². The number of amides is 2. The van der Waals surface area contributed by atoms with Gasteiger partial charge in [-0.3, -0.25) is 9.59 Å². The van der Waals surface area contributed by atoms with E-state index in [0.29, 0.717) is 0 Å². The molecule has 1 aliphatic heterocycles. The number of aliphatic imine (C=N–C) groups is 1. The van der Waals surface area contributed by atoms with E-state index < -0.39 is 11.8 Å². The normalized spacial score (nSPS) is 13.9. The van der Waals surface area contributed by atoms with E-state index >= 15 is 0 Å². The van der Waals surface area contributed by atoms with Gasteiger partial charge >= 0.3 is 0 Å². The number of nitrogens with two attached hydrogens (primary N) is 1. The van der Waals surface area contributed by atoms with Gasteiger partial charge in [0.2, 0.25) is 11.7 Å². The molecule has 24 heavy (non-hydrogen) atoms. The van der Waals surface area contributed by atoms with Crippen LogP contribution in [0.1, 0.15) is 11.5 Å². The van der Waals surface area contributed by atoms with E-state index in [9.17, 15) is 9.59 Å². The number of nitrogens with one attached hydrogen (secondary N) is 2. The van der Waals surface area contributed by atoms with E-state index in [0.717, 1.165) is 16.1 Å². The molecule has 0 bridgehead atoms. The molecule has 2 aromatic carbocycles. The van der Waals surface area contributed by atoms with Crippen LogP contribution < -0.4 is 15.8 Å². The Bertz CT molecular complexity index is 792. The predicted molar refractivity (Wildman–Crippen MR) is 93.9 cm³/mol. The van der Waals surface area contributed by atoms with Crippen LogP contribution >= 0.6 is 11.9 Å². The summed E-state index contributed by atoms with van der Waals surface area (Å²) in [6, 6.07) is 16.7. The van der Waals surface area contributed by atoms with Crippen molar-refractivity contribution in [3.63, 3.8) is 0 Å². The highest BCUT2D eigenvalue weighted by Crippen LogP contribution is 2.30. The first-order chi connectivity index (χ1) is 11.6. The number of primary amides is 1. The number of carbonyl (C=O) groups is 2. The number of benzene rings is 2. The number of nitrogens with zero attached hydrogens (tertiary/aromatic N) is 1. The van der Waals surface area contributed by atoms with Crippen molar-refractivity contribution in [1.82, 2.24) is 10.0 Å². The standard InChI is InChI=1S/C17H16N4O2S/c18-15(22)12(11-6-2-1-3-7-11)10-19-17(23)16-20-13-8-4-5-9-14(13)24-21-16/h1-9,12H,10H2,(H2,18,22)(H,19,23)(H,20,21). The molecule has 0 aliphatic carbocycles. The SMILES string of the molecule is NC(=O)C(CNC(=O)C1=Nc2ccccc2SN1)c1ccccc1. The van der Waals surface area contributed by atoms with Gasteiger partial charge in [0.25, 0.3) is 5.91 Å². The minimum atomic E-state index is -0.584. The van der Waals surface area contributed by atoms with E-state index in [-0.39, 0.29) is 18.3 Å². The Labute approximate surface area is 143 Å². The van der Waals surface area contributed by atoms with Gasteiger partial charge in [-0.25, -0.2) is 4.99 Å². The maximum Gasteiger partial charge on any atom is 0.287 e. The van der Waals surface area contributed by atoms with Gasteiger partial charge in [-0.05, 0) is 29.6 Å². The topological polar surface area (TPSA) is 96.6 Å². The Balaban J connectivity index is 1.69. The summed E-state index contributed by atoms with van der Waals surface area (Å²) < 4.78 is 2.91. The maximum absolute atomic E-state index is 12.3. The highest BCUT2D eigenvalue weighted by atomic mass is 32.2. The molecule has 0 fully saturated rings. The highest BCUT2D eigenvalue weighted by Gasteiger charge is 2.22. The molecule has 1 atom stereocenters. The third-order valence-electron chi connectivity index (χ3n) is 3.58. The van der Waals surface area contributed by atoms with Gasteiger partial charge in [-0.15, -0.1) is 0 Å². The van der Waals surface area contributed by atoms with Crippen LogP contribution in [0.15, 0.2) is 64.5 Å². The van der Waals surface area contributed by atoms with E-state index in [1.54, 1.807) is 0 Å². The van der Waals surface area contributed by atoms with Crippen LogP contribution in [0, 0.1) is 0 Å². The predicted octanol–water partition coefficient (Wildman–Crippen LogP) is 1.71. The van der Waals surface area contributed by atoms with Crippen molar-refractivity contribution in [3.8, 4) is 0 Å². The lowest BCUT2D eigenvalue weighted by molar-refractivity contribution is -0.119. The summed E-state index contributed by atoms with van der Waals surface area (Å²) in [5.41, 5.74) is 6.96. The Morgan fingerprint density at radius 1 is 1.12 bits per heavy atom. The summed E-state index contributed by atoms with van der Waals surface area (Å²) in [5, 5.41) is 2.72. The zero-order chi connectivity index (χ0) is 16.9. The molecule has 0 spiro atoms. The molecule has 0 saturated carbocycles. The van der Waals surface area contributed by atoms with Crippen LogP contribution in [0.3, 0.4) is 0 Å². The van der Waals surface area contributed by atoms with Crippen molar-refractivity contribution in [1.29, 1.82) is 0 Å². The molecule has 1 heterocycles. The lowest BCUT2D eigenvalue weighted by atomic mass is 9.98. The molecule has 6 nitrogen and oxygen atoms in total. The maximum atomic E-state index is 12.3. The summed E-state index contributed by atoms with van der Waals surface area (Å²) in [5.74, 6) is -1.24. The molecule has 122 valence electrons. The van der Waals surface area contributed by atoms with Gasteiger partial charge in [0.05, 0.1) is 16.5 Å². The molecule has 0 saturated heterocycles. The smallest absolute Gasteiger partial charge is 0.287 e. The number of hydrogen-bond acceptors (Lipinski definition) is 5. The van der Waals surface area contributed by atoms with E-state index in [1.165, 1.54) is 11.9 Å². The number of para-hydroxylation sites is 1. The molecule has 0 aromatic heterocycles. The van der Waals surface area contributed by atoms with Crippen LogP contribution in [-0.2, 0) is 9.59 Å². The fourth-order valence-electron chi connectivity index (χ4n) is 2.33. The molecule has 4 N–H and O–H groups in total. The molecule has 7 heteroatoms. The second-order valence-corrected chi connectivity index (χ2v) is 6.06. The van der Waals surface area contributed by atoms with Crippen LogP contribution in [0.2, 0.25) is 0 Å². The Morgan fingerprint density at radius 3 is 2.58 bits per heavy atom. The number of carbonyl (C=O) groups excluding carboxylic acids is 2. The molecular weight excluding hydrogens is 324 g/mol. The Hall–Kier alpha value is -2.80. The summed E-state index contributed by atoms with van der Waals surface area (Å²) in [7, 11) is 0. The Morgan fingerprint density at radius 2 is 1.83 bits per heavy atom. The van der Waals surface area contributed by atoms with E-state index in [2.05, 4.69) is 15.0 Å². The highest BCUT2D eigenvalue weighted by molar-refractivity contribution is 7.98. The fraction of sp³-hybridized carbons (Fsp3) is 0.118. The summed E-state index contributed by atoms with van der Waals surface area (Å²) >= 11 is 1.33. The van der Waals surface area contributed by atoms with Gasteiger partial charge in [0, 0.05) is 6.54 Å². The average Bonchev–Trinajstić information content (AvgIpc) is 2.62. The van der Waals surface area contributed by atoms with Crippen molar-refractivity contribution < 1.29 is 9.59 Å². The summed E-state index contributed by atoms with van der Waals surface area (Å²) in [6.45, 7) is 0.116. The third kappa shape index (κ3) is 3.57. The van der Waals surface area contributed by atoms with Crippen molar-refractivity contribution in [3.05, 3.63) is 60.2 Å². The number of amidine groups is 1. The minimum Gasteiger partial charge on any atom is -0.369 e. The van der Waals surface area contributed by atoms with Crippen molar-refractivity contribution >= 4 is 35.3 Å². The summed E-state index contributed by atoms with van der Waals surface area (Å²) in [6.07, 6.45) is 0. The van der Waals surface area contributed by atoms with Crippen LogP contribution in [0.4, 0.5) is 5.69 Å².